The smallest absolute Gasteiger partial charge is 0.411 e. The van der Waals surface area contributed by atoms with Crippen molar-refractivity contribution in [1.82, 2.24) is 15.2 Å². The molecule has 1 aliphatic heterocycles. The van der Waals surface area contributed by atoms with Crippen molar-refractivity contribution in [3.63, 3.8) is 0 Å². The fraction of sp³-hybridized carbons (Fsp3) is 0.696. The number of carbonyl (C=O) groups is 2. The van der Waals surface area contributed by atoms with Crippen LogP contribution in [-0.4, -0.2) is 39.6 Å². The van der Waals surface area contributed by atoms with E-state index in [0.717, 1.165) is 36.1 Å². The van der Waals surface area contributed by atoms with Gasteiger partial charge in [-0.25, -0.2) is 9.78 Å². The Morgan fingerprint density at radius 2 is 1.87 bits per heavy atom. The molecule has 0 bridgehead atoms. The molecular weight excluding hydrogens is 402 g/mol. The van der Waals surface area contributed by atoms with Gasteiger partial charge in [0.05, 0.1) is 0 Å². The second-order valence-electron chi connectivity index (χ2n) is 8.94. The molecule has 2 fully saturated rings. The van der Waals surface area contributed by atoms with Crippen LogP contribution in [0.25, 0.3) is 0 Å². The fourth-order valence-corrected chi connectivity index (χ4v) is 3.97. The molecule has 2 amide bonds. The molecule has 0 radical (unpaired) electrons. The second kappa shape index (κ2) is 9.99. The molecule has 1 saturated carbocycles. The molecule has 6 nitrogen and oxygen atoms in total. The maximum Gasteiger partial charge on any atom is 0.411 e. The summed E-state index contributed by atoms with van der Waals surface area (Å²) in [6.07, 6.45) is 3.27. The molecule has 3 rings (SSSR count). The molecular formula is C23H36ClN3O3. The van der Waals surface area contributed by atoms with E-state index in [1.54, 1.807) is 4.90 Å². The Hall–Kier alpha value is -1.82. The van der Waals surface area contributed by atoms with Crippen molar-refractivity contribution < 1.29 is 14.3 Å². The molecule has 2 heterocycles. The molecule has 7 heteroatoms. The Labute approximate surface area is 185 Å². The highest BCUT2D eigenvalue weighted by atomic mass is 35.5. The summed E-state index contributed by atoms with van der Waals surface area (Å²) >= 11 is 6.19. The minimum Gasteiger partial charge on any atom is -0.444 e. The Morgan fingerprint density at radius 1 is 1.23 bits per heavy atom. The van der Waals surface area contributed by atoms with Gasteiger partial charge < -0.3 is 10.1 Å². The molecule has 168 valence electrons. The largest absolute Gasteiger partial charge is 0.444 e. The molecule has 0 spiro atoms. The number of pyridine rings is 1. The maximum absolute atomic E-state index is 12.9. The van der Waals surface area contributed by atoms with Crippen molar-refractivity contribution in [3.05, 3.63) is 28.0 Å². The molecule has 1 aliphatic carbocycles. The molecule has 30 heavy (non-hydrogen) atoms. The Bertz CT molecular complexity index is 772. The van der Waals surface area contributed by atoms with Crippen LogP contribution in [0.5, 0.6) is 0 Å². The third-order valence-corrected chi connectivity index (χ3v) is 5.57. The van der Waals surface area contributed by atoms with Crippen molar-refractivity contribution in [2.24, 2.45) is 0 Å². The summed E-state index contributed by atoms with van der Waals surface area (Å²) in [5, 5.41) is 3.45. The Morgan fingerprint density at radius 3 is 2.43 bits per heavy atom. The summed E-state index contributed by atoms with van der Waals surface area (Å²) in [5.41, 5.74) is 2.52. The first kappa shape index (κ1) is 24.4. The van der Waals surface area contributed by atoms with Gasteiger partial charge in [-0.2, -0.15) is 0 Å². The lowest BCUT2D eigenvalue weighted by Gasteiger charge is -2.30. The van der Waals surface area contributed by atoms with Crippen molar-refractivity contribution in [2.45, 2.75) is 104 Å². The van der Waals surface area contributed by atoms with Gasteiger partial charge in [0.15, 0.2) is 0 Å². The number of nitrogens with zero attached hydrogens (tertiary/aromatic N) is 2. The first-order chi connectivity index (χ1) is 14.1. The number of aromatic nitrogens is 1. The van der Waals surface area contributed by atoms with E-state index in [1.807, 2.05) is 54.5 Å². The lowest BCUT2D eigenvalue weighted by atomic mass is 10.0. The topological polar surface area (TPSA) is 71.5 Å². The van der Waals surface area contributed by atoms with Crippen molar-refractivity contribution in [1.29, 1.82) is 0 Å². The summed E-state index contributed by atoms with van der Waals surface area (Å²) in [6.45, 7) is 13.8. The summed E-state index contributed by atoms with van der Waals surface area (Å²) in [5.74, 6) is 0.335. The van der Waals surface area contributed by atoms with E-state index < -0.39 is 17.7 Å². The van der Waals surface area contributed by atoms with Gasteiger partial charge in [-0.1, -0.05) is 25.4 Å². The van der Waals surface area contributed by atoms with Crippen LogP contribution in [0, 0.1) is 6.92 Å². The maximum atomic E-state index is 12.9. The monoisotopic (exact) mass is 437 g/mol. The molecule has 1 aromatic rings. The van der Waals surface area contributed by atoms with Crippen molar-refractivity contribution in [3.8, 4) is 0 Å². The Kier molecular flexibility index (Phi) is 8.14. The van der Waals surface area contributed by atoms with Crippen LogP contribution < -0.4 is 5.32 Å². The summed E-state index contributed by atoms with van der Waals surface area (Å²) in [4.78, 5) is 31.5. The first-order valence-corrected chi connectivity index (χ1v) is 11.4. The van der Waals surface area contributed by atoms with Gasteiger partial charge in [-0.05, 0) is 77.5 Å². The standard InChI is InChI=1S/C21H30ClN3O3.C2H6/c1-12-6-9-16(25(12)20(27)28-21(3,4)5)19(26)23-11-15-10-17(22)24-18(13(15)2)14-7-8-14;1-2/h10,12,14,16H,6-9,11H2,1-5H3,(H,23,26);1-2H3. The Balaban J connectivity index is 0.00000155. The third-order valence-electron chi connectivity index (χ3n) is 5.38. The lowest BCUT2D eigenvalue weighted by Crippen LogP contribution is -2.49. The van der Waals surface area contributed by atoms with Gasteiger partial charge in [0, 0.05) is 24.2 Å². The van der Waals surface area contributed by atoms with Gasteiger partial charge in [-0.3, -0.25) is 9.69 Å². The number of hydrogen-bond acceptors (Lipinski definition) is 4. The molecule has 0 aromatic carbocycles. The fourth-order valence-electron chi connectivity index (χ4n) is 3.75. The van der Waals surface area contributed by atoms with E-state index in [0.29, 0.717) is 24.0 Å². The van der Waals surface area contributed by atoms with E-state index in [-0.39, 0.29) is 11.9 Å². The molecule has 2 unspecified atom stereocenters. The lowest BCUT2D eigenvalue weighted by molar-refractivity contribution is -0.126. The van der Waals surface area contributed by atoms with E-state index in [2.05, 4.69) is 10.3 Å². The van der Waals surface area contributed by atoms with Crippen LogP contribution >= 0.6 is 11.6 Å². The zero-order valence-corrected chi connectivity index (χ0v) is 20.1. The van der Waals surface area contributed by atoms with Crippen LogP contribution in [0.3, 0.4) is 0 Å². The highest BCUT2D eigenvalue weighted by molar-refractivity contribution is 6.29. The second-order valence-corrected chi connectivity index (χ2v) is 9.32. The highest BCUT2D eigenvalue weighted by Gasteiger charge is 2.40. The van der Waals surface area contributed by atoms with Crippen molar-refractivity contribution in [2.75, 3.05) is 0 Å². The molecule has 1 aromatic heterocycles. The third kappa shape index (κ3) is 6.10. The normalized spacial score (nSPS) is 21.0. The molecule has 2 atom stereocenters. The number of likely N-dealkylation sites (tertiary alicyclic amines) is 1. The quantitative estimate of drug-likeness (QED) is 0.644. The molecule has 2 aliphatic rings. The average Bonchev–Trinajstić information content (AvgIpc) is 3.43. The number of halogens is 1. The molecule has 1 N–H and O–H groups in total. The van der Waals surface area contributed by atoms with E-state index in [9.17, 15) is 9.59 Å². The minimum absolute atomic E-state index is 0.0239. The van der Waals surface area contributed by atoms with Gasteiger partial charge in [0.1, 0.15) is 16.8 Å². The number of nitrogens with one attached hydrogen (secondary N) is 1. The summed E-state index contributed by atoms with van der Waals surface area (Å²) in [7, 11) is 0. The van der Waals surface area contributed by atoms with Gasteiger partial charge >= 0.3 is 6.09 Å². The zero-order chi connectivity index (χ0) is 22.6. The number of carbonyl (C=O) groups excluding carboxylic acids is 2. The first-order valence-electron chi connectivity index (χ1n) is 11.0. The summed E-state index contributed by atoms with van der Waals surface area (Å²) < 4.78 is 5.50. The van der Waals surface area contributed by atoms with E-state index >= 15 is 0 Å². The van der Waals surface area contributed by atoms with E-state index in [4.69, 9.17) is 16.3 Å². The highest BCUT2D eigenvalue weighted by Crippen LogP contribution is 2.41. The SMILES string of the molecule is CC.Cc1c(CNC(=O)C2CCC(C)N2C(=O)OC(C)(C)C)cc(Cl)nc1C1CC1. The predicted molar refractivity (Wildman–Crippen MR) is 120 cm³/mol. The minimum atomic E-state index is -0.593. The zero-order valence-electron chi connectivity index (χ0n) is 19.3. The van der Waals surface area contributed by atoms with Crippen LogP contribution in [0.4, 0.5) is 4.79 Å². The number of amides is 2. The van der Waals surface area contributed by atoms with E-state index in [1.165, 1.54) is 0 Å². The van der Waals surface area contributed by atoms with Crippen LogP contribution in [0.2, 0.25) is 5.15 Å². The van der Waals surface area contributed by atoms with Crippen LogP contribution in [0.15, 0.2) is 6.07 Å². The molecule has 1 saturated heterocycles. The predicted octanol–water partition coefficient (Wildman–Crippen LogP) is 5.35. The van der Waals surface area contributed by atoms with Crippen LogP contribution in [-0.2, 0) is 16.1 Å². The number of hydrogen-bond donors (Lipinski definition) is 1. The summed E-state index contributed by atoms with van der Waals surface area (Å²) in [6, 6.07) is 1.28. The van der Waals surface area contributed by atoms with Crippen molar-refractivity contribution >= 4 is 23.6 Å². The van der Waals surface area contributed by atoms with Gasteiger partial charge in [-0.15, -0.1) is 0 Å². The number of rotatable bonds is 4. The van der Waals surface area contributed by atoms with Gasteiger partial charge in [0.2, 0.25) is 5.91 Å². The van der Waals surface area contributed by atoms with Gasteiger partial charge in [0.25, 0.3) is 0 Å². The number of ether oxygens (including phenoxy) is 1. The average molecular weight is 438 g/mol. The van der Waals surface area contributed by atoms with Crippen LogP contribution in [0.1, 0.15) is 90.0 Å².